The predicted molar refractivity (Wildman–Crippen MR) is 75.4 cm³/mol. The van der Waals surface area contributed by atoms with Gasteiger partial charge < -0.3 is 9.72 Å². The van der Waals surface area contributed by atoms with Gasteiger partial charge in [0.2, 0.25) is 0 Å². The van der Waals surface area contributed by atoms with Crippen LogP contribution in [0.2, 0.25) is 18.1 Å². The molecule has 0 aromatic rings. The van der Waals surface area contributed by atoms with Crippen molar-refractivity contribution >= 4 is 14.3 Å². The highest BCUT2D eigenvalue weighted by Crippen LogP contribution is 2.19. The van der Waals surface area contributed by atoms with E-state index in [1.807, 2.05) is 18.2 Å². The second-order valence-electron chi connectivity index (χ2n) is 3.77. The first-order valence-electron chi connectivity index (χ1n) is 5.52. The van der Waals surface area contributed by atoms with Gasteiger partial charge in [-0.25, -0.2) is 4.79 Å². The van der Waals surface area contributed by atoms with E-state index in [0.717, 1.165) is 18.1 Å². The van der Waals surface area contributed by atoms with Crippen LogP contribution in [0.25, 0.3) is 0 Å². The molecule has 1 amide bonds. The number of hydrogen-bond acceptors (Lipinski definition) is 2. The molecule has 0 heterocycles. The van der Waals surface area contributed by atoms with E-state index in [2.05, 4.69) is 31.3 Å². The van der Waals surface area contributed by atoms with Crippen LogP contribution in [0.3, 0.4) is 0 Å². The smallest absolute Gasteiger partial charge is 0.399 e. The third-order valence-electron chi connectivity index (χ3n) is 2.30. The molecular formula is C13H21NO2Si. The van der Waals surface area contributed by atoms with E-state index in [1.165, 1.54) is 6.08 Å². The molecule has 0 aliphatic rings. The Labute approximate surface area is 105 Å². The molecule has 3 nitrogen and oxygen atoms in total. The first kappa shape index (κ1) is 15.4. The highest BCUT2D eigenvalue weighted by molar-refractivity contribution is 6.80. The average Bonchev–Trinajstić information content (AvgIpc) is 2.27. The molecule has 0 spiro atoms. The fraction of sp³-hybridized carbons (Fsp3) is 0.308. The second kappa shape index (κ2) is 8.58. The summed E-state index contributed by atoms with van der Waals surface area (Å²) in [4.78, 5) is 14.6. The number of carbonyl (C=O) groups is 1. The van der Waals surface area contributed by atoms with Gasteiger partial charge in [0.05, 0.1) is 0 Å². The standard InChI is InChI=1S/C13H21NO2Si/c1-5-9-16-13(15)14-17(10-6-2,11-7-3)12-8-4/h5-8H,1-4,9-12H2,(H,14,15). The summed E-state index contributed by atoms with van der Waals surface area (Å²) in [7, 11) is -2.02. The minimum atomic E-state index is -2.02. The Hall–Kier alpha value is -1.55. The summed E-state index contributed by atoms with van der Waals surface area (Å²) in [6.45, 7) is 14.9. The van der Waals surface area contributed by atoms with Crippen molar-refractivity contribution in [2.24, 2.45) is 0 Å². The average molecular weight is 251 g/mol. The minimum absolute atomic E-state index is 0.215. The van der Waals surface area contributed by atoms with E-state index in [1.54, 1.807) is 0 Å². The lowest BCUT2D eigenvalue weighted by molar-refractivity contribution is 0.164. The van der Waals surface area contributed by atoms with Crippen LogP contribution in [0.4, 0.5) is 4.79 Å². The third kappa shape index (κ3) is 5.92. The van der Waals surface area contributed by atoms with Gasteiger partial charge in [-0.15, -0.1) is 19.7 Å². The first-order chi connectivity index (χ1) is 8.14. The fourth-order valence-corrected chi connectivity index (χ4v) is 4.59. The van der Waals surface area contributed by atoms with E-state index < -0.39 is 14.3 Å². The van der Waals surface area contributed by atoms with Gasteiger partial charge in [-0.2, -0.15) is 0 Å². The molecule has 0 unspecified atom stereocenters. The molecule has 0 bridgehead atoms. The van der Waals surface area contributed by atoms with Crippen LogP contribution in [0, 0.1) is 0 Å². The molecule has 4 heteroatoms. The molecule has 1 N–H and O–H groups in total. The van der Waals surface area contributed by atoms with Crippen molar-refractivity contribution < 1.29 is 9.53 Å². The van der Waals surface area contributed by atoms with Gasteiger partial charge in [0.1, 0.15) is 6.61 Å². The quantitative estimate of drug-likeness (QED) is 0.504. The molecule has 0 saturated heterocycles. The Bertz CT molecular complexity index is 273. The normalized spacial score (nSPS) is 10.1. The summed E-state index contributed by atoms with van der Waals surface area (Å²) in [5.41, 5.74) is 0. The molecule has 0 fully saturated rings. The van der Waals surface area contributed by atoms with Crippen molar-refractivity contribution in [1.82, 2.24) is 4.98 Å². The molecule has 0 aromatic heterocycles. The van der Waals surface area contributed by atoms with Crippen LogP contribution in [-0.4, -0.2) is 20.9 Å². The van der Waals surface area contributed by atoms with Gasteiger partial charge >= 0.3 is 6.09 Å². The van der Waals surface area contributed by atoms with Gasteiger partial charge in [-0.05, 0) is 18.1 Å². The number of hydrogen-bond donors (Lipinski definition) is 1. The zero-order valence-corrected chi connectivity index (χ0v) is 11.3. The molecule has 0 radical (unpaired) electrons. The molecule has 0 atom stereocenters. The zero-order valence-electron chi connectivity index (χ0n) is 10.3. The SMILES string of the molecule is C=CCOC(=O)N[Si](CC=C)(CC=C)CC=C. The zero-order chi connectivity index (χ0) is 13.1. The minimum Gasteiger partial charge on any atom is -0.446 e. The van der Waals surface area contributed by atoms with Gasteiger partial charge in [-0.3, -0.25) is 0 Å². The molecule has 0 aliphatic carbocycles. The Balaban J connectivity index is 4.67. The Kier molecular flexibility index (Phi) is 7.80. The lowest BCUT2D eigenvalue weighted by Crippen LogP contribution is -2.52. The lowest BCUT2D eigenvalue weighted by Gasteiger charge is -2.28. The molecule has 0 saturated carbocycles. The number of amides is 1. The van der Waals surface area contributed by atoms with Crippen LogP contribution in [0.1, 0.15) is 0 Å². The Morgan fingerprint density at radius 2 is 1.47 bits per heavy atom. The fourth-order valence-electron chi connectivity index (χ4n) is 1.62. The van der Waals surface area contributed by atoms with E-state index in [-0.39, 0.29) is 6.61 Å². The predicted octanol–water partition coefficient (Wildman–Crippen LogP) is 3.40. The highest BCUT2D eigenvalue weighted by Gasteiger charge is 2.32. The van der Waals surface area contributed by atoms with Gasteiger partial charge in [0.25, 0.3) is 0 Å². The number of rotatable bonds is 9. The van der Waals surface area contributed by atoms with Crippen molar-refractivity contribution in [3.05, 3.63) is 50.6 Å². The summed E-state index contributed by atoms with van der Waals surface area (Å²) in [5, 5.41) is 0. The number of nitrogens with one attached hydrogen (secondary N) is 1. The maximum Gasteiger partial charge on any atom is 0.399 e. The maximum atomic E-state index is 11.6. The number of carbonyl (C=O) groups excluding carboxylic acids is 1. The monoisotopic (exact) mass is 251 g/mol. The number of ether oxygens (including phenoxy) is 1. The summed E-state index contributed by atoms with van der Waals surface area (Å²) in [5.74, 6) is 0. The molecule has 0 rings (SSSR count). The lowest BCUT2D eigenvalue weighted by atomic mass is 10.7. The first-order valence-corrected chi connectivity index (χ1v) is 8.14. The summed E-state index contributed by atoms with van der Waals surface area (Å²) in [6.07, 6.45) is 6.62. The third-order valence-corrected chi connectivity index (χ3v) is 6.25. The van der Waals surface area contributed by atoms with E-state index in [0.29, 0.717) is 0 Å². The Morgan fingerprint density at radius 3 is 1.82 bits per heavy atom. The van der Waals surface area contributed by atoms with Crippen molar-refractivity contribution in [3.63, 3.8) is 0 Å². The van der Waals surface area contributed by atoms with Crippen LogP contribution in [-0.2, 0) is 4.74 Å². The van der Waals surface area contributed by atoms with E-state index >= 15 is 0 Å². The van der Waals surface area contributed by atoms with E-state index in [4.69, 9.17) is 4.74 Å². The summed E-state index contributed by atoms with van der Waals surface area (Å²) < 4.78 is 4.95. The summed E-state index contributed by atoms with van der Waals surface area (Å²) >= 11 is 0. The van der Waals surface area contributed by atoms with Crippen LogP contribution >= 0.6 is 0 Å². The Morgan fingerprint density at radius 1 is 1.00 bits per heavy atom. The van der Waals surface area contributed by atoms with Crippen molar-refractivity contribution in [2.75, 3.05) is 6.61 Å². The molecule has 0 aromatic carbocycles. The van der Waals surface area contributed by atoms with Crippen molar-refractivity contribution in [1.29, 1.82) is 0 Å². The van der Waals surface area contributed by atoms with Crippen molar-refractivity contribution in [3.8, 4) is 0 Å². The van der Waals surface area contributed by atoms with Gasteiger partial charge in [0, 0.05) is 0 Å². The molecule has 94 valence electrons. The largest absolute Gasteiger partial charge is 0.446 e. The topological polar surface area (TPSA) is 38.3 Å². The van der Waals surface area contributed by atoms with Crippen LogP contribution < -0.4 is 4.98 Å². The summed E-state index contributed by atoms with van der Waals surface area (Å²) in [6, 6.07) is 2.32. The van der Waals surface area contributed by atoms with E-state index in [9.17, 15) is 4.79 Å². The number of allylic oxidation sites excluding steroid dienone is 3. The van der Waals surface area contributed by atoms with Gasteiger partial charge in [-0.1, -0.05) is 30.9 Å². The van der Waals surface area contributed by atoms with Crippen molar-refractivity contribution in [2.45, 2.75) is 18.1 Å². The van der Waals surface area contributed by atoms with Crippen LogP contribution in [0.5, 0.6) is 0 Å². The van der Waals surface area contributed by atoms with Crippen LogP contribution in [0.15, 0.2) is 50.6 Å². The van der Waals surface area contributed by atoms with Gasteiger partial charge in [0.15, 0.2) is 8.24 Å². The second-order valence-corrected chi connectivity index (χ2v) is 7.81. The molecular weight excluding hydrogens is 230 g/mol. The molecule has 17 heavy (non-hydrogen) atoms. The highest BCUT2D eigenvalue weighted by atomic mass is 28.3. The maximum absolute atomic E-state index is 11.6. The molecule has 0 aliphatic heterocycles.